The first-order valence-corrected chi connectivity index (χ1v) is 8.43. The highest BCUT2D eigenvalue weighted by molar-refractivity contribution is 6.21. The summed E-state index contributed by atoms with van der Waals surface area (Å²) in [5.41, 5.74) is -0.872. The first-order chi connectivity index (χ1) is 13.8. The van der Waals surface area contributed by atoms with E-state index in [1.165, 1.54) is 6.07 Å². The normalized spacial score (nSPS) is 12.7. The Morgan fingerprint density at radius 2 is 1.72 bits per heavy atom. The zero-order valence-corrected chi connectivity index (χ0v) is 14.8. The zero-order valence-electron chi connectivity index (χ0n) is 14.8. The predicted molar refractivity (Wildman–Crippen MR) is 96.5 cm³/mol. The van der Waals surface area contributed by atoms with Gasteiger partial charge in [-0.2, -0.15) is 0 Å². The molecular formula is C18H14F2N4O5. The number of hydrogen-bond acceptors (Lipinski definition) is 5. The molecule has 0 saturated heterocycles. The zero-order chi connectivity index (χ0) is 21.1. The Morgan fingerprint density at radius 1 is 1.07 bits per heavy atom. The number of benzene rings is 2. The number of anilines is 1. The van der Waals surface area contributed by atoms with Gasteiger partial charge in [0.2, 0.25) is 0 Å². The second kappa shape index (κ2) is 8.00. The molecular weight excluding hydrogens is 390 g/mol. The summed E-state index contributed by atoms with van der Waals surface area (Å²) in [7, 11) is 0. The lowest BCUT2D eigenvalue weighted by molar-refractivity contribution is -0.384. The van der Waals surface area contributed by atoms with Crippen molar-refractivity contribution in [1.29, 1.82) is 0 Å². The van der Waals surface area contributed by atoms with Crippen molar-refractivity contribution in [2.45, 2.75) is 6.42 Å². The molecule has 9 nitrogen and oxygen atoms in total. The monoisotopic (exact) mass is 404 g/mol. The van der Waals surface area contributed by atoms with Crippen molar-refractivity contribution >= 4 is 29.2 Å². The third-order valence-electron chi connectivity index (χ3n) is 4.21. The van der Waals surface area contributed by atoms with Gasteiger partial charge in [0.25, 0.3) is 17.5 Å². The second-order valence-electron chi connectivity index (χ2n) is 6.08. The van der Waals surface area contributed by atoms with E-state index >= 15 is 0 Å². The third-order valence-corrected chi connectivity index (χ3v) is 4.21. The van der Waals surface area contributed by atoms with Crippen LogP contribution in [0.25, 0.3) is 0 Å². The summed E-state index contributed by atoms with van der Waals surface area (Å²) in [5, 5.41) is 15.2. The van der Waals surface area contributed by atoms with Gasteiger partial charge in [-0.15, -0.1) is 0 Å². The minimum absolute atomic E-state index is 0.00938. The topological polar surface area (TPSA) is 122 Å². The highest BCUT2D eigenvalue weighted by Crippen LogP contribution is 2.26. The number of non-ortho nitro benzene ring substituents is 1. The van der Waals surface area contributed by atoms with E-state index < -0.39 is 40.1 Å². The Morgan fingerprint density at radius 3 is 2.38 bits per heavy atom. The molecule has 11 heteroatoms. The number of nitrogens with one attached hydrogen (secondary N) is 2. The molecule has 0 aromatic heterocycles. The summed E-state index contributed by atoms with van der Waals surface area (Å²) in [6.07, 6.45) is 0.167. The fraction of sp³-hybridized carbons (Fsp3) is 0.167. The van der Waals surface area contributed by atoms with E-state index in [0.29, 0.717) is 0 Å². The van der Waals surface area contributed by atoms with E-state index in [0.717, 1.165) is 35.2 Å². The van der Waals surface area contributed by atoms with E-state index in [1.807, 2.05) is 5.32 Å². The number of para-hydroxylation sites is 1. The maximum absolute atomic E-state index is 13.5. The molecule has 0 unspecified atom stereocenters. The van der Waals surface area contributed by atoms with Crippen LogP contribution in [0.15, 0.2) is 36.4 Å². The first kappa shape index (κ1) is 19.9. The minimum Gasteiger partial charge on any atom is -0.338 e. The summed E-state index contributed by atoms with van der Waals surface area (Å²) in [4.78, 5) is 47.4. The van der Waals surface area contributed by atoms with Crippen LogP contribution in [-0.4, -0.2) is 40.8 Å². The molecule has 0 bridgehead atoms. The molecule has 4 amide bonds. The highest BCUT2D eigenvalue weighted by atomic mass is 19.1. The molecule has 3 rings (SSSR count). The van der Waals surface area contributed by atoms with Gasteiger partial charge in [0.15, 0.2) is 0 Å². The molecule has 0 radical (unpaired) electrons. The maximum atomic E-state index is 13.5. The maximum Gasteiger partial charge on any atom is 0.319 e. The summed E-state index contributed by atoms with van der Waals surface area (Å²) < 4.78 is 27.0. The molecule has 0 aliphatic carbocycles. The van der Waals surface area contributed by atoms with Crippen molar-refractivity contribution in [2.24, 2.45) is 0 Å². The number of nitro groups is 1. The molecule has 29 heavy (non-hydrogen) atoms. The number of carbonyl (C=O) groups is 3. The van der Waals surface area contributed by atoms with Gasteiger partial charge in [-0.05, 0) is 24.6 Å². The molecule has 1 aliphatic rings. The van der Waals surface area contributed by atoms with Crippen molar-refractivity contribution in [2.75, 3.05) is 18.4 Å². The molecule has 2 aromatic rings. The van der Waals surface area contributed by atoms with Gasteiger partial charge in [0, 0.05) is 25.2 Å². The van der Waals surface area contributed by atoms with Crippen LogP contribution in [0.1, 0.15) is 27.1 Å². The molecule has 1 aliphatic heterocycles. The number of hydrogen-bond donors (Lipinski definition) is 2. The summed E-state index contributed by atoms with van der Waals surface area (Å²) in [5.74, 6) is -3.11. The average molecular weight is 404 g/mol. The van der Waals surface area contributed by atoms with Crippen LogP contribution in [0.3, 0.4) is 0 Å². The Hall–Kier alpha value is -3.89. The number of halogens is 2. The third kappa shape index (κ3) is 4.03. The van der Waals surface area contributed by atoms with Gasteiger partial charge in [-0.25, -0.2) is 13.6 Å². The van der Waals surface area contributed by atoms with Crippen molar-refractivity contribution in [3.63, 3.8) is 0 Å². The number of amides is 4. The van der Waals surface area contributed by atoms with E-state index in [9.17, 15) is 33.3 Å². The van der Waals surface area contributed by atoms with E-state index in [1.54, 1.807) is 0 Å². The molecule has 1 heterocycles. The Kier molecular flexibility index (Phi) is 5.48. The SMILES string of the molecule is O=C(NCCCN1C(=O)c2ccc([N+](=O)[O-])cc2C1=O)Nc1c(F)cccc1F. The first-order valence-electron chi connectivity index (χ1n) is 8.43. The van der Waals surface area contributed by atoms with E-state index in [4.69, 9.17) is 0 Å². The molecule has 0 spiro atoms. The van der Waals surface area contributed by atoms with Gasteiger partial charge in [0.1, 0.15) is 17.3 Å². The largest absolute Gasteiger partial charge is 0.338 e. The van der Waals surface area contributed by atoms with Crippen LogP contribution in [0.4, 0.5) is 25.0 Å². The number of carbonyl (C=O) groups excluding carboxylic acids is 3. The number of imide groups is 1. The molecule has 0 saturated carbocycles. The molecule has 0 fully saturated rings. The van der Waals surface area contributed by atoms with Gasteiger partial charge in [-0.3, -0.25) is 24.6 Å². The van der Waals surface area contributed by atoms with Crippen molar-refractivity contribution < 1.29 is 28.1 Å². The van der Waals surface area contributed by atoms with Crippen LogP contribution >= 0.6 is 0 Å². The fourth-order valence-electron chi connectivity index (χ4n) is 2.81. The van der Waals surface area contributed by atoms with Crippen LogP contribution in [0.2, 0.25) is 0 Å². The Balaban J connectivity index is 1.53. The lowest BCUT2D eigenvalue weighted by Gasteiger charge is -2.14. The van der Waals surface area contributed by atoms with Gasteiger partial charge in [-0.1, -0.05) is 6.07 Å². The lowest BCUT2D eigenvalue weighted by Crippen LogP contribution is -2.35. The number of fused-ring (bicyclic) bond motifs is 1. The molecule has 150 valence electrons. The predicted octanol–water partition coefficient (Wildman–Crippen LogP) is 2.68. The van der Waals surface area contributed by atoms with Crippen LogP contribution in [-0.2, 0) is 0 Å². The van der Waals surface area contributed by atoms with Gasteiger partial charge >= 0.3 is 6.03 Å². The minimum atomic E-state index is -0.930. The van der Waals surface area contributed by atoms with Crippen LogP contribution < -0.4 is 10.6 Å². The molecule has 2 aromatic carbocycles. The van der Waals surface area contributed by atoms with Gasteiger partial charge < -0.3 is 10.6 Å². The lowest BCUT2D eigenvalue weighted by atomic mass is 10.1. The summed E-state index contributed by atoms with van der Waals surface area (Å²) in [6.45, 7) is -0.0378. The van der Waals surface area contributed by atoms with E-state index in [-0.39, 0.29) is 36.3 Å². The van der Waals surface area contributed by atoms with Gasteiger partial charge in [0.05, 0.1) is 16.1 Å². The van der Waals surface area contributed by atoms with E-state index in [2.05, 4.69) is 5.32 Å². The van der Waals surface area contributed by atoms with Crippen LogP contribution in [0, 0.1) is 21.7 Å². The van der Waals surface area contributed by atoms with Crippen LogP contribution in [0.5, 0.6) is 0 Å². The van der Waals surface area contributed by atoms with Crippen molar-refractivity contribution in [1.82, 2.24) is 10.2 Å². The molecule has 0 atom stereocenters. The number of nitro benzene ring substituents is 1. The smallest absolute Gasteiger partial charge is 0.319 e. The highest BCUT2D eigenvalue weighted by Gasteiger charge is 2.36. The second-order valence-corrected chi connectivity index (χ2v) is 6.08. The molecule has 2 N–H and O–H groups in total. The fourth-order valence-corrected chi connectivity index (χ4v) is 2.81. The summed E-state index contributed by atoms with van der Waals surface area (Å²) in [6, 6.07) is 5.70. The average Bonchev–Trinajstić information content (AvgIpc) is 2.92. The quantitative estimate of drug-likeness (QED) is 0.332. The van der Waals surface area contributed by atoms with Crippen molar-refractivity contribution in [3.05, 3.63) is 69.3 Å². The van der Waals surface area contributed by atoms with Crippen molar-refractivity contribution in [3.8, 4) is 0 Å². The standard InChI is InChI=1S/C18H14F2N4O5/c19-13-3-1-4-14(20)15(13)22-18(27)21-7-2-8-23-16(25)11-6-5-10(24(28)29)9-12(11)17(23)26/h1,3-6,9H,2,7-8H2,(H2,21,22,27). The number of urea groups is 1. The number of rotatable bonds is 6. The summed E-state index contributed by atoms with van der Waals surface area (Å²) >= 11 is 0. The Bertz CT molecular complexity index is 1010. The Labute approximate surface area is 162 Å². The number of nitrogens with zero attached hydrogens (tertiary/aromatic N) is 2.